The van der Waals surface area contributed by atoms with Crippen molar-refractivity contribution < 1.29 is 10.2 Å². The van der Waals surface area contributed by atoms with Gasteiger partial charge in [0, 0.05) is 32.5 Å². The van der Waals surface area contributed by atoms with Crippen LogP contribution in [0.4, 0.5) is 8.78 Å². The molecule has 0 atom stereocenters. The van der Waals surface area contributed by atoms with Crippen LogP contribution in [0.25, 0.3) is 42.2 Å². The van der Waals surface area contributed by atoms with E-state index in [2.05, 4.69) is 4.98 Å². The van der Waals surface area contributed by atoms with Crippen LogP contribution in [0, 0.1) is 11.6 Å². The SMILES string of the molecule is [2H]C(C)(C)c1cc(-c2cccc3c2sc2cc(F)c4ccccc4c23)ncc1F. The summed E-state index contributed by atoms with van der Waals surface area (Å²) >= 11 is 1.51. The van der Waals surface area contributed by atoms with Crippen LogP contribution in [-0.2, 0) is 0 Å². The van der Waals surface area contributed by atoms with E-state index in [0.29, 0.717) is 16.6 Å². The molecular weight excluding hydrogens is 372 g/mol. The van der Waals surface area contributed by atoms with E-state index in [-0.39, 0.29) is 5.82 Å². The fourth-order valence-corrected chi connectivity index (χ4v) is 5.06. The minimum absolute atomic E-state index is 0.237. The third-order valence-electron chi connectivity index (χ3n) is 5.12. The highest BCUT2D eigenvalue weighted by molar-refractivity contribution is 7.26. The van der Waals surface area contributed by atoms with E-state index >= 15 is 0 Å². The van der Waals surface area contributed by atoms with Crippen LogP contribution in [0.5, 0.6) is 0 Å². The molecule has 2 heterocycles. The zero-order chi connectivity index (χ0) is 20.3. The zero-order valence-electron chi connectivity index (χ0n) is 16.4. The third kappa shape index (κ3) is 2.52. The van der Waals surface area contributed by atoms with Crippen molar-refractivity contribution in [3.8, 4) is 11.3 Å². The summed E-state index contributed by atoms with van der Waals surface area (Å²) in [5.41, 5.74) is 1.78. The summed E-state index contributed by atoms with van der Waals surface area (Å²) in [5.74, 6) is -1.79. The molecule has 0 aliphatic rings. The lowest BCUT2D eigenvalue weighted by Gasteiger charge is -2.10. The van der Waals surface area contributed by atoms with Gasteiger partial charge in [0.2, 0.25) is 0 Å². The molecule has 3 aromatic carbocycles. The number of fused-ring (bicyclic) bond motifs is 5. The Morgan fingerprint density at radius 3 is 2.46 bits per heavy atom. The Morgan fingerprint density at radius 1 is 0.929 bits per heavy atom. The largest absolute Gasteiger partial charge is 0.253 e. The maximum Gasteiger partial charge on any atom is 0.144 e. The lowest BCUT2D eigenvalue weighted by atomic mass is 9.99. The van der Waals surface area contributed by atoms with Crippen molar-refractivity contribution in [1.29, 1.82) is 0 Å². The summed E-state index contributed by atoms with van der Waals surface area (Å²) in [6.07, 6.45) is 1.18. The Hall–Kier alpha value is -2.85. The molecule has 0 saturated carbocycles. The van der Waals surface area contributed by atoms with E-state index in [1.165, 1.54) is 17.5 Å². The fraction of sp³-hybridized carbons (Fsp3) is 0.125. The van der Waals surface area contributed by atoms with E-state index in [4.69, 9.17) is 1.37 Å². The zero-order valence-corrected chi connectivity index (χ0v) is 16.2. The average Bonchev–Trinajstić information content (AvgIpc) is 3.06. The summed E-state index contributed by atoms with van der Waals surface area (Å²) in [4.78, 5) is 4.30. The van der Waals surface area contributed by atoms with Crippen molar-refractivity contribution in [3.63, 3.8) is 0 Å². The number of rotatable bonds is 2. The van der Waals surface area contributed by atoms with Crippen LogP contribution >= 0.6 is 11.3 Å². The van der Waals surface area contributed by atoms with E-state index in [1.807, 2.05) is 36.4 Å². The third-order valence-corrected chi connectivity index (χ3v) is 6.31. The normalized spacial score (nSPS) is 12.8. The maximum atomic E-state index is 14.6. The van der Waals surface area contributed by atoms with Crippen LogP contribution in [0.3, 0.4) is 0 Å². The lowest BCUT2D eigenvalue weighted by Crippen LogP contribution is -1.96. The number of pyridine rings is 1. The molecule has 0 saturated heterocycles. The van der Waals surface area contributed by atoms with E-state index < -0.39 is 11.7 Å². The first-order chi connectivity index (χ1) is 13.8. The second-order valence-electron chi connectivity index (χ2n) is 7.11. The summed E-state index contributed by atoms with van der Waals surface area (Å²) in [6, 6.07) is 16.6. The van der Waals surface area contributed by atoms with Gasteiger partial charge in [-0.1, -0.05) is 56.3 Å². The van der Waals surface area contributed by atoms with Gasteiger partial charge in [-0.25, -0.2) is 8.78 Å². The van der Waals surface area contributed by atoms with Gasteiger partial charge < -0.3 is 0 Å². The second-order valence-corrected chi connectivity index (χ2v) is 8.16. The molecule has 0 fully saturated rings. The molecule has 1 nitrogen and oxygen atoms in total. The van der Waals surface area contributed by atoms with Crippen LogP contribution in [0.15, 0.2) is 60.8 Å². The number of hydrogen-bond donors (Lipinski definition) is 0. The van der Waals surface area contributed by atoms with Crippen molar-refractivity contribution in [2.45, 2.75) is 19.7 Å². The summed E-state index contributed by atoms with van der Waals surface area (Å²) in [6.45, 7) is 3.31. The number of thiophene rings is 1. The molecule has 0 aliphatic carbocycles. The standard InChI is InChI=1S/C24H17F2NS/c1-13(2)18-10-21(27-12-20(18)26)16-8-5-9-17-23-15-7-4-3-6-14(15)19(25)11-22(23)28-24(16)17/h3-13H,1-2H3/i13D. The van der Waals surface area contributed by atoms with Gasteiger partial charge in [0.25, 0.3) is 0 Å². The van der Waals surface area contributed by atoms with Crippen LogP contribution in [0.2, 0.25) is 0 Å². The van der Waals surface area contributed by atoms with Crippen molar-refractivity contribution >= 4 is 42.3 Å². The Morgan fingerprint density at radius 2 is 1.68 bits per heavy atom. The molecule has 5 rings (SSSR count). The second kappa shape index (κ2) is 6.35. The Kier molecular flexibility index (Phi) is 3.66. The predicted octanol–water partition coefficient (Wildman–Crippen LogP) is 7.67. The van der Waals surface area contributed by atoms with Gasteiger partial charge in [-0.15, -0.1) is 11.3 Å². The van der Waals surface area contributed by atoms with Crippen molar-refractivity contribution in [1.82, 2.24) is 4.98 Å². The van der Waals surface area contributed by atoms with Crippen LogP contribution in [-0.4, -0.2) is 4.98 Å². The van der Waals surface area contributed by atoms with E-state index in [9.17, 15) is 8.78 Å². The quantitative estimate of drug-likeness (QED) is 0.301. The molecule has 0 N–H and O–H groups in total. The highest BCUT2D eigenvalue weighted by Gasteiger charge is 2.17. The predicted molar refractivity (Wildman–Crippen MR) is 114 cm³/mol. The minimum Gasteiger partial charge on any atom is -0.253 e. The van der Waals surface area contributed by atoms with Crippen molar-refractivity contribution in [2.24, 2.45) is 0 Å². The summed E-state index contributed by atoms with van der Waals surface area (Å²) in [7, 11) is 0. The number of hydrogen-bond acceptors (Lipinski definition) is 2. The topological polar surface area (TPSA) is 12.9 Å². The molecule has 4 heteroatoms. The van der Waals surface area contributed by atoms with Gasteiger partial charge in [0.15, 0.2) is 0 Å². The first-order valence-electron chi connectivity index (χ1n) is 9.53. The van der Waals surface area contributed by atoms with Gasteiger partial charge in [-0.3, -0.25) is 4.98 Å². The molecule has 0 spiro atoms. The van der Waals surface area contributed by atoms with E-state index in [0.717, 1.165) is 31.1 Å². The Balaban J connectivity index is 1.86. The first-order valence-corrected chi connectivity index (χ1v) is 9.85. The summed E-state index contributed by atoms with van der Waals surface area (Å²) in [5, 5.41) is 3.53. The van der Waals surface area contributed by atoms with Crippen LogP contribution in [0.1, 0.15) is 26.7 Å². The number of halogens is 2. The molecule has 0 radical (unpaired) electrons. The Bertz CT molecular complexity index is 1420. The van der Waals surface area contributed by atoms with Gasteiger partial charge in [-0.05, 0) is 29.0 Å². The van der Waals surface area contributed by atoms with Gasteiger partial charge in [0.1, 0.15) is 11.6 Å². The molecule has 0 unspecified atom stereocenters. The van der Waals surface area contributed by atoms with Gasteiger partial charge in [0.05, 0.1) is 11.9 Å². The maximum absolute atomic E-state index is 14.6. The lowest BCUT2D eigenvalue weighted by molar-refractivity contribution is 0.592. The van der Waals surface area contributed by atoms with Crippen molar-refractivity contribution in [3.05, 3.63) is 78.0 Å². The number of nitrogens with zero attached hydrogens (tertiary/aromatic N) is 1. The summed E-state index contributed by atoms with van der Waals surface area (Å²) < 4.78 is 39.0. The number of benzene rings is 3. The molecule has 0 aliphatic heterocycles. The highest BCUT2D eigenvalue weighted by Crippen LogP contribution is 2.43. The van der Waals surface area contributed by atoms with Gasteiger partial charge >= 0.3 is 0 Å². The number of aromatic nitrogens is 1. The van der Waals surface area contributed by atoms with Crippen molar-refractivity contribution in [2.75, 3.05) is 0 Å². The molecular formula is C24H17F2NS. The fourth-order valence-electron chi connectivity index (χ4n) is 3.79. The van der Waals surface area contributed by atoms with E-state index in [1.54, 1.807) is 32.0 Å². The smallest absolute Gasteiger partial charge is 0.144 e. The molecule has 0 bridgehead atoms. The molecule has 2 aromatic heterocycles. The molecule has 138 valence electrons. The minimum atomic E-state index is -1.07. The first kappa shape index (κ1) is 16.1. The highest BCUT2D eigenvalue weighted by atomic mass is 32.1. The van der Waals surface area contributed by atoms with Crippen LogP contribution < -0.4 is 0 Å². The molecule has 5 aromatic rings. The molecule has 28 heavy (non-hydrogen) atoms. The molecule has 0 amide bonds. The monoisotopic (exact) mass is 390 g/mol. The Labute approximate surface area is 166 Å². The average molecular weight is 390 g/mol. The van der Waals surface area contributed by atoms with Gasteiger partial charge in [-0.2, -0.15) is 0 Å².